The first-order valence-corrected chi connectivity index (χ1v) is 9.58. The highest BCUT2D eigenvalue weighted by Crippen LogP contribution is 2.31. The van der Waals surface area contributed by atoms with Crippen molar-refractivity contribution in [1.82, 2.24) is 9.80 Å². The van der Waals surface area contributed by atoms with E-state index < -0.39 is 0 Å². The molecule has 1 heterocycles. The second-order valence-corrected chi connectivity index (χ2v) is 6.97. The quantitative estimate of drug-likeness (QED) is 0.786. The van der Waals surface area contributed by atoms with Crippen LogP contribution in [-0.2, 0) is 4.79 Å². The molecule has 0 aliphatic carbocycles. The highest BCUT2D eigenvalue weighted by atomic mass is 16.5. The molecule has 5 nitrogen and oxygen atoms in total. The van der Waals surface area contributed by atoms with Crippen LogP contribution in [0.15, 0.2) is 54.6 Å². The van der Waals surface area contributed by atoms with Gasteiger partial charge in [0.05, 0.1) is 12.3 Å². The molecule has 2 aromatic rings. The van der Waals surface area contributed by atoms with E-state index in [4.69, 9.17) is 4.74 Å². The van der Waals surface area contributed by atoms with Crippen molar-refractivity contribution >= 4 is 11.6 Å². The molecule has 1 unspecified atom stereocenters. The van der Waals surface area contributed by atoms with Crippen molar-refractivity contribution in [2.75, 3.05) is 51.8 Å². The third kappa shape index (κ3) is 4.42. The molecule has 0 spiro atoms. The van der Waals surface area contributed by atoms with Gasteiger partial charge in [-0.05, 0) is 24.6 Å². The predicted octanol–water partition coefficient (Wildman–Crippen LogP) is 3.04. The van der Waals surface area contributed by atoms with Gasteiger partial charge in [0.1, 0.15) is 11.8 Å². The summed E-state index contributed by atoms with van der Waals surface area (Å²) in [6.45, 7) is 6.07. The number of piperazine rings is 1. The Bertz CT molecular complexity index is 740. The fraction of sp³-hybridized carbons (Fsp3) is 0.409. The third-order valence-corrected chi connectivity index (χ3v) is 4.98. The Labute approximate surface area is 162 Å². The molecule has 0 aromatic heterocycles. The van der Waals surface area contributed by atoms with Crippen molar-refractivity contribution in [2.45, 2.75) is 13.0 Å². The topological polar surface area (TPSA) is 36.0 Å². The zero-order valence-corrected chi connectivity index (χ0v) is 16.5. The molecule has 1 fully saturated rings. The van der Waals surface area contributed by atoms with Crippen LogP contribution in [0.3, 0.4) is 0 Å². The summed E-state index contributed by atoms with van der Waals surface area (Å²) in [4.78, 5) is 19.2. The summed E-state index contributed by atoms with van der Waals surface area (Å²) in [6, 6.07) is 18.0. The van der Waals surface area contributed by atoms with E-state index >= 15 is 0 Å². The Kier molecular flexibility index (Phi) is 6.35. The molecule has 1 atom stereocenters. The zero-order chi connectivity index (χ0) is 19.2. The first kappa shape index (κ1) is 19.2. The largest absolute Gasteiger partial charge is 0.492 e. The number of anilines is 1. The zero-order valence-electron chi connectivity index (χ0n) is 16.5. The lowest BCUT2D eigenvalue weighted by molar-refractivity contribution is -0.134. The normalized spacial score (nSPS) is 16.0. The second kappa shape index (κ2) is 8.91. The van der Waals surface area contributed by atoms with E-state index in [1.54, 1.807) is 4.90 Å². The monoisotopic (exact) mass is 367 g/mol. The van der Waals surface area contributed by atoms with Crippen molar-refractivity contribution in [3.63, 3.8) is 0 Å². The van der Waals surface area contributed by atoms with Gasteiger partial charge in [0, 0.05) is 40.3 Å². The van der Waals surface area contributed by atoms with Crippen LogP contribution in [0.5, 0.6) is 5.75 Å². The standard InChI is InChI=1S/C22H29N3O2/c1-4-27-20-13-9-8-12-19(20)24-14-16-25(17-15-24)21(22(26)23(2)3)18-10-6-5-7-11-18/h5-13,21H,4,14-17H2,1-3H3. The van der Waals surface area contributed by atoms with E-state index in [1.807, 2.05) is 69.6 Å². The lowest BCUT2D eigenvalue weighted by atomic mass is 10.0. The molecule has 144 valence electrons. The highest BCUT2D eigenvalue weighted by molar-refractivity contribution is 5.83. The van der Waals surface area contributed by atoms with Crippen LogP contribution in [-0.4, -0.2) is 62.6 Å². The Morgan fingerprint density at radius 3 is 2.26 bits per heavy atom. The predicted molar refractivity (Wildman–Crippen MR) is 109 cm³/mol. The van der Waals surface area contributed by atoms with Gasteiger partial charge in [-0.15, -0.1) is 0 Å². The van der Waals surface area contributed by atoms with Gasteiger partial charge in [0.15, 0.2) is 0 Å². The lowest BCUT2D eigenvalue weighted by Gasteiger charge is -2.40. The summed E-state index contributed by atoms with van der Waals surface area (Å²) >= 11 is 0. The Morgan fingerprint density at radius 1 is 1.00 bits per heavy atom. The maximum absolute atomic E-state index is 12.9. The van der Waals surface area contributed by atoms with Crippen molar-refractivity contribution in [3.05, 3.63) is 60.2 Å². The minimum Gasteiger partial charge on any atom is -0.492 e. The molecule has 1 saturated heterocycles. The van der Waals surface area contributed by atoms with E-state index in [0.29, 0.717) is 6.61 Å². The highest BCUT2D eigenvalue weighted by Gasteiger charge is 2.31. The number of carbonyl (C=O) groups excluding carboxylic acids is 1. The average molecular weight is 367 g/mol. The van der Waals surface area contributed by atoms with E-state index in [1.165, 1.54) is 0 Å². The first-order valence-electron chi connectivity index (χ1n) is 9.58. The summed E-state index contributed by atoms with van der Waals surface area (Å²) in [7, 11) is 3.65. The molecule has 1 aliphatic rings. The van der Waals surface area contributed by atoms with Crippen molar-refractivity contribution in [1.29, 1.82) is 0 Å². The molecular formula is C22H29N3O2. The van der Waals surface area contributed by atoms with Crippen LogP contribution in [0, 0.1) is 0 Å². The van der Waals surface area contributed by atoms with Gasteiger partial charge in [-0.2, -0.15) is 0 Å². The minimum absolute atomic E-state index is 0.129. The van der Waals surface area contributed by atoms with Crippen molar-refractivity contribution in [2.24, 2.45) is 0 Å². The van der Waals surface area contributed by atoms with Gasteiger partial charge >= 0.3 is 0 Å². The number of benzene rings is 2. The molecule has 0 N–H and O–H groups in total. The molecule has 5 heteroatoms. The summed E-state index contributed by atoms with van der Waals surface area (Å²) in [5.41, 5.74) is 2.19. The number of ether oxygens (including phenoxy) is 1. The second-order valence-electron chi connectivity index (χ2n) is 6.97. The number of amides is 1. The van der Waals surface area contributed by atoms with E-state index in [-0.39, 0.29) is 11.9 Å². The van der Waals surface area contributed by atoms with Gasteiger partial charge in [0.2, 0.25) is 5.91 Å². The molecule has 0 saturated carbocycles. The Morgan fingerprint density at radius 2 is 1.63 bits per heavy atom. The maximum Gasteiger partial charge on any atom is 0.244 e. The van der Waals surface area contributed by atoms with Gasteiger partial charge in [-0.3, -0.25) is 9.69 Å². The van der Waals surface area contributed by atoms with E-state index in [9.17, 15) is 4.79 Å². The van der Waals surface area contributed by atoms with E-state index in [2.05, 4.69) is 15.9 Å². The molecular weight excluding hydrogens is 338 g/mol. The minimum atomic E-state index is -0.231. The fourth-order valence-corrected chi connectivity index (χ4v) is 3.61. The van der Waals surface area contributed by atoms with Gasteiger partial charge < -0.3 is 14.5 Å². The van der Waals surface area contributed by atoms with Crippen LogP contribution in [0.4, 0.5) is 5.69 Å². The molecule has 2 aromatic carbocycles. The van der Waals surface area contributed by atoms with Crippen LogP contribution in [0.25, 0.3) is 0 Å². The number of hydrogen-bond acceptors (Lipinski definition) is 4. The number of hydrogen-bond donors (Lipinski definition) is 0. The Hall–Kier alpha value is -2.53. The van der Waals surface area contributed by atoms with Crippen LogP contribution in [0.2, 0.25) is 0 Å². The maximum atomic E-state index is 12.9. The molecule has 1 aliphatic heterocycles. The van der Waals surface area contributed by atoms with E-state index in [0.717, 1.165) is 43.2 Å². The van der Waals surface area contributed by atoms with Crippen LogP contribution >= 0.6 is 0 Å². The number of para-hydroxylation sites is 2. The number of rotatable bonds is 6. The number of nitrogens with zero attached hydrogens (tertiary/aromatic N) is 3. The first-order chi connectivity index (χ1) is 13.1. The number of carbonyl (C=O) groups is 1. The summed E-state index contributed by atoms with van der Waals surface area (Å²) in [5.74, 6) is 1.06. The van der Waals surface area contributed by atoms with Crippen LogP contribution in [0.1, 0.15) is 18.5 Å². The average Bonchev–Trinajstić information content (AvgIpc) is 2.70. The summed E-state index contributed by atoms with van der Waals surface area (Å²) in [5, 5.41) is 0. The van der Waals surface area contributed by atoms with Crippen molar-refractivity contribution in [3.8, 4) is 5.75 Å². The Balaban J connectivity index is 1.76. The molecule has 0 radical (unpaired) electrons. The van der Waals surface area contributed by atoms with Crippen LogP contribution < -0.4 is 9.64 Å². The van der Waals surface area contributed by atoms with Crippen molar-refractivity contribution < 1.29 is 9.53 Å². The molecule has 1 amide bonds. The molecule has 3 rings (SSSR count). The lowest BCUT2D eigenvalue weighted by Crippen LogP contribution is -2.51. The number of likely N-dealkylation sites (N-methyl/N-ethyl adjacent to an activating group) is 1. The summed E-state index contributed by atoms with van der Waals surface area (Å²) < 4.78 is 5.79. The fourth-order valence-electron chi connectivity index (χ4n) is 3.61. The van der Waals surface area contributed by atoms with Gasteiger partial charge in [-0.25, -0.2) is 0 Å². The summed E-state index contributed by atoms with van der Waals surface area (Å²) in [6.07, 6.45) is 0. The molecule has 0 bridgehead atoms. The SMILES string of the molecule is CCOc1ccccc1N1CCN(C(C(=O)N(C)C)c2ccccc2)CC1. The third-order valence-electron chi connectivity index (χ3n) is 4.98. The smallest absolute Gasteiger partial charge is 0.244 e. The molecule has 27 heavy (non-hydrogen) atoms. The van der Waals surface area contributed by atoms with Gasteiger partial charge in [-0.1, -0.05) is 42.5 Å². The van der Waals surface area contributed by atoms with Gasteiger partial charge in [0.25, 0.3) is 0 Å².